The highest BCUT2D eigenvalue weighted by Crippen LogP contribution is 2.20. The van der Waals surface area contributed by atoms with Crippen LogP contribution in [0.25, 0.3) is 10.8 Å². The van der Waals surface area contributed by atoms with E-state index in [1.165, 1.54) is 0 Å². The Morgan fingerprint density at radius 1 is 1.26 bits per heavy atom. The molecule has 1 aliphatic heterocycles. The molecule has 1 atom stereocenters. The molecule has 96 valence electrons. The summed E-state index contributed by atoms with van der Waals surface area (Å²) in [6.07, 6.45) is -0.383. The third-order valence-corrected chi connectivity index (χ3v) is 3.16. The highest BCUT2D eigenvalue weighted by Gasteiger charge is 2.24. The fourth-order valence-electron chi connectivity index (χ4n) is 2.10. The lowest BCUT2D eigenvalue weighted by Crippen LogP contribution is -2.25. The Labute approximate surface area is 110 Å². The number of nitrogens with zero attached hydrogens (tertiary/aromatic N) is 1. The molecule has 0 radical (unpaired) electrons. The minimum absolute atomic E-state index is 0.294. The van der Waals surface area contributed by atoms with Crippen LogP contribution in [0.3, 0.4) is 0 Å². The van der Waals surface area contributed by atoms with Crippen molar-refractivity contribution < 1.29 is 14.4 Å². The lowest BCUT2D eigenvalue weighted by Gasteiger charge is -2.11. The van der Waals surface area contributed by atoms with E-state index in [-0.39, 0.29) is 12.1 Å². The van der Waals surface area contributed by atoms with E-state index < -0.39 is 0 Å². The number of esters is 1. The molecule has 0 bridgehead atoms. The monoisotopic (exact) mass is 255 g/mol. The summed E-state index contributed by atoms with van der Waals surface area (Å²) >= 11 is 0. The second-order valence-electron chi connectivity index (χ2n) is 4.45. The third-order valence-electron chi connectivity index (χ3n) is 3.16. The number of rotatable bonds is 2. The average Bonchev–Trinajstić information content (AvgIpc) is 2.83. The standard InChI is InChI=1S/C15H13NO3/c1-10-14(9-18-16-10)19-15(17)13-8-4-6-11-5-2-3-7-12(11)13/h2-8,14H,9H2,1H3. The second-order valence-corrected chi connectivity index (χ2v) is 4.45. The van der Waals surface area contributed by atoms with Crippen molar-refractivity contribution in [1.29, 1.82) is 0 Å². The third kappa shape index (κ3) is 2.17. The van der Waals surface area contributed by atoms with Crippen LogP contribution in [0.15, 0.2) is 47.6 Å². The van der Waals surface area contributed by atoms with E-state index in [9.17, 15) is 4.79 Å². The average molecular weight is 255 g/mol. The highest BCUT2D eigenvalue weighted by atomic mass is 16.7. The van der Waals surface area contributed by atoms with Crippen LogP contribution in [0.4, 0.5) is 0 Å². The maximum absolute atomic E-state index is 12.2. The molecule has 1 unspecified atom stereocenters. The van der Waals surface area contributed by atoms with Gasteiger partial charge in [-0.05, 0) is 23.8 Å². The van der Waals surface area contributed by atoms with E-state index in [0.29, 0.717) is 17.9 Å². The van der Waals surface area contributed by atoms with Gasteiger partial charge < -0.3 is 9.57 Å². The topological polar surface area (TPSA) is 47.9 Å². The lowest BCUT2D eigenvalue weighted by atomic mass is 10.0. The Morgan fingerprint density at radius 3 is 2.84 bits per heavy atom. The van der Waals surface area contributed by atoms with Crippen molar-refractivity contribution in [3.05, 3.63) is 48.0 Å². The number of ether oxygens (including phenoxy) is 1. The number of carbonyl (C=O) groups is 1. The zero-order valence-electron chi connectivity index (χ0n) is 10.5. The van der Waals surface area contributed by atoms with Crippen LogP contribution in [-0.4, -0.2) is 24.4 Å². The van der Waals surface area contributed by atoms with Gasteiger partial charge in [0.25, 0.3) is 0 Å². The quantitative estimate of drug-likeness (QED) is 0.775. The first-order valence-electron chi connectivity index (χ1n) is 6.11. The first kappa shape index (κ1) is 11.7. The molecule has 1 aliphatic rings. The van der Waals surface area contributed by atoms with Crippen LogP contribution in [0, 0.1) is 0 Å². The minimum atomic E-state index is -0.383. The molecule has 2 aromatic rings. The second kappa shape index (κ2) is 4.72. The molecular weight excluding hydrogens is 242 g/mol. The van der Waals surface area contributed by atoms with Gasteiger partial charge in [-0.3, -0.25) is 0 Å². The van der Waals surface area contributed by atoms with Gasteiger partial charge in [0.1, 0.15) is 0 Å². The Morgan fingerprint density at radius 2 is 2.05 bits per heavy atom. The predicted molar refractivity (Wildman–Crippen MR) is 72.2 cm³/mol. The van der Waals surface area contributed by atoms with Gasteiger partial charge in [-0.15, -0.1) is 0 Å². The largest absolute Gasteiger partial charge is 0.449 e. The van der Waals surface area contributed by atoms with E-state index >= 15 is 0 Å². The van der Waals surface area contributed by atoms with Gasteiger partial charge in [-0.25, -0.2) is 4.79 Å². The first-order valence-corrected chi connectivity index (χ1v) is 6.11. The summed E-state index contributed by atoms with van der Waals surface area (Å²) in [7, 11) is 0. The lowest BCUT2D eigenvalue weighted by molar-refractivity contribution is 0.0294. The molecule has 3 rings (SSSR count). The Bertz CT molecular complexity index is 658. The molecule has 0 aromatic heterocycles. The molecule has 1 heterocycles. The molecule has 0 aliphatic carbocycles. The fraction of sp³-hybridized carbons (Fsp3) is 0.200. The highest BCUT2D eigenvalue weighted by molar-refractivity contribution is 6.05. The van der Waals surface area contributed by atoms with Crippen molar-refractivity contribution >= 4 is 22.5 Å². The van der Waals surface area contributed by atoms with E-state index in [4.69, 9.17) is 9.57 Å². The van der Waals surface area contributed by atoms with Gasteiger partial charge in [0.05, 0.1) is 11.3 Å². The van der Waals surface area contributed by atoms with Gasteiger partial charge in [-0.2, -0.15) is 0 Å². The van der Waals surface area contributed by atoms with Gasteiger partial charge in [0, 0.05) is 0 Å². The first-order chi connectivity index (χ1) is 9.25. The van der Waals surface area contributed by atoms with Crippen molar-refractivity contribution in [2.45, 2.75) is 13.0 Å². The van der Waals surface area contributed by atoms with Crippen molar-refractivity contribution in [3.63, 3.8) is 0 Å². The normalized spacial score (nSPS) is 17.9. The summed E-state index contributed by atoms with van der Waals surface area (Å²) in [5.41, 5.74) is 1.26. The van der Waals surface area contributed by atoms with Gasteiger partial charge in [0.2, 0.25) is 0 Å². The van der Waals surface area contributed by atoms with E-state index in [0.717, 1.165) is 10.8 Å². The SMILES string of the molecule is CC1=NOCC1OC(=O)c1cccc2ccccc12. The van der Waals surface area contributed by atoms with Crippen molar-refractivity contribution in [2.75, 3.05) is 6.61 Å². The van der Waals surface area contributed by atoms with E-state index in [1.807, 2.05) is 36.4 Å². The van der Waals surface area contributed by atoms with Crippen LogP contribution >= 0.6 is 0 Å². The van der Waals surface area contributed by atoms with Crippen LogP contribution in [0.5, 0.6) is 0 Å². The van der Waals surface area contributed by atoms with Crippen molar-refractivity contribution in [3.8, 4) is 0 Å². The van der Waals surface area contributed by atoms with Crippen LogP contribution in [0.2, 0.25) is 0 Å². The number of fused-ring (bicyclic) bond motifs is 1. The number of carbonyl (C=O) groups excluding carboxylic acids is 1. The van der Waals surface area contributed by atoms with Gasteiger partial charge in [-0.1, -0.05) is 41.6 Å². The molecule has 0 N–H and O–H groups in total. The molecule has 0 spiro atoms. The summed E-state index contributed by atoms with van der Waals surface area (Å²) in [5.74, 6) is -0.346. The summed E-state index contributed by atoms with van der Waals surface area (Å²) in [5, 5.41) is 5.68. The maximum Gasteiger partial charge on any atom is 0.339 e. The van der Waals surface area contributed by atoms with Crippen LogP contribution < -0.4 is 0 Å². The smallest absolute Gasteiger partial charge is 0.339 e. The number of hydrogen-bond donors (Lipinski definition) is 0. The van der Waals surface area contributed by atoms with Crippen molar-refractivity contribution in [1.82, 2.24) is 0 Å². The molecule has 0 saturated heterocycles. The molecule has 2 aromatic carbocycles. The summed E-state index contributed by atoms with van der Waals surface area (Å²) in [6, 6.07) is 13.3. The molecular formula is C15H13NO3. The van der Waals surface area contributed by atoms with E-state index in [1.54, 1.807) is 13.0 Å². The number of hydrogen-bond acceptors (Lipinski definition) is 4. The Hall–Kier alpha value is -2.36. The summed E-state index contributed by atoms with van der Waals surface area (Å²) < 4.78 is 5.42. The fourth-order valence-corrected chi connectivity index (χ4v) is 2.10. The maximum atomic E-state index is 12.2. The molecule has 0 saturated carbocycles. The summed E-state index contributed by atoms with van der Waals surface area (Å²) in [6.45, 7) is 2.08. The zero-order chi connectivity index (χ0) is 13.2. The molecule has 0 fully saturated rings. The van der Waals surface area contributed by atoms with Gasteiger partial charge >= 0.3 is 5.97 Å². The molecule has 4 nitrogen and oxygen atoms in total. The summed E-state index contributed by atoms with van der Waals surface area (Å²) in [4.78, 5) is 17.1. The predicted octanol–water partition coefficient (Wildman–Crippen LogP) is 2.77. The zero-order valence-corrected chi connectivity index (χ0v) is 10.5. The Kier molecular flexibility index (Phi) is 2.91. The number of benzene rings is 2. The van der Waals surface area contributed by atoms with Crippen LogP contribution in [-0.2, 0) is 9.57 Å². The minimum Gasteiger partial charge on any atom is -0.449 e. The van der Waals surface area contributed by atoms with Gasteiger partial charge in [0.15, 0.2) is 12.7 Å². The molecule has 19 heavy (non-hydrogen) atoms. The van der Waals surface area contributed by atoms with Crippen LogP contribution in [0.1, 0.15) is 17.3 Å². The molecule has 4 heteroatoms. The molecule has 0 amide bonds. The van der Waals surface area contributed by atoms with E-state index in [2.05, 4.69) is 5.16 Å². The van der Waals surface area contributed by atoms with Crippen molar-refractivity contribution in [2.24, 2.45) is 5.16 Å². The Balaban J connectivity index is 1.91. The number of oxime groups is 1.